The van der Waals surface area contributed by atoms with Crippen LogP contribution in [-0.2, 0) is 6.42 Å². The topological polar surface area (TPSA) is 80.0 Å². The Morgan fingerprint density at radius 2 is 2.05 bits per heavy atom. The quantitative estimate of drug-likeness (QED) is 0.575. The van der Waals surface area contributed by atoms with Crippen LogP contribution >= 0.6 is 0 Å². The standard InChI is InChI=1S/C16H26N4O/c1-3-13-9-12(10-14(19-13)20-17)15(21)18-11-16(2)7-5-4-6-8-16/h9-10H,3-8,11,17H2,1-2H3,(H,18,21)(H,19,20). The molecule has 1 saturated carbocycles. The summed E-state index contributed by atoms with van der Waals surface area (Å²) >= 11 is 0. The summed E-state index contributed by atoms with van der Waals surface area (Å²) in [4.78, 5) is 16.7. The summed E-state index contributed by atoms with van der Waals surface area (Å²) in [5, 5.41) is 3.08. The second kappa shape index (κ2) is 6.89. The lowest BCUT2D eigenvalue weighted by molar-refractivity contribution is 0.0919. The molecule has 5 nitrogen and oxygen atoms in total. The molecule has 1 aromatic rings. The van der Waals surface area contributed by atoms with E-state index in [1.54, 1.807) is 6.07 Å². The van der Waals surface area contributed by atoms with Crippen LogP contribution in [0.3, 0.4) is 0 Å². The van der Waals surface area contributed by atoms with Gasteiger partial charge in [-0.2, -0.15) is 0 Å². The summed E-state index contributed by atoms with van der Waals surface area (Å²) < 4.78 is 0. The molecule has 1 amide bonds. The maximum absolute atomic E-state index is 12.4. The van der Waals surface area contributed by atoms with Crippen molar-refractivity contribution >= 4 is 11.7 Å². The molecule has 0 radical (unpaired) electrons. The smallest absolute Gasteiger partial charge is 0.251 e. The van der Waals surface area contributed by atoms with Crippen LogP contribution in [-0.4, -0.2) is 17.4 Å². The number of aromatic nitrogens is 1. The van der Waals surface area contributed by atoms with Crippen molar-refractivity contribution in [2.75, 3.05) is 12.0 Å². The first-order chi connectivity index (χ1) is 10.1. The van der Waals surface area contributed by atoms with E-state index in [1.807, 2.05) is 13.0 Å². The molecule has 0 saturated heterocycles. The van der Waals surface area contributed by atoms with E-state index in [4.69, 9.17) is 5.84 Å². The Hall–Kier alpha value is -1.62. The number of carbonyl (C=O) groups is 1. The van der Waals surface area contributed by atoms with Gasteiger partial charge in [0.2, 0.25) is 0 Å². The molecule has 1 aromatic heterocycles. The van der Waals surface area contributed by atoms with E-state index in [2.05, 4.69) is 22.7 Å². The highest BCUT2D eigenvalue weighted by molar-refractivity contribution is 5.95. The number of amides is 1. The summed E-state index contributed by atoms with van der Waals surface area (Å²) in [7, 11) is 0. The highest BCUT2D eigenvalue weighted by Gasteiger charge is 2.27. The fourth-order valence-electron chi connectivity index (χ4n) is 2.95. The zero-order chi connectivity index (χ0) is 15.3. The van der Waals surface area contributed by atoms with Crippen molar-refractivity contribution in [2.24, 2.45) is 11.3 Å². The van der Waals surface area contributed by atoms with Crippen molar-refractivity contribution in [1.82, 2.24) is 10.3 Å². The van der Waals surface area contributed by atoms with E-state index in [9.17, 15) is 4.79 Å². The van der Waals surface area contributed by atoms with Gasteiger partial charge in [-0.1, -0.05) is 33.1 Å². The van der Waals surface area contributed by atoms with Gasteiger partial charge in [0, 0.05) is 17.8 Å². The lowest BCUT2D eigenvalue weighted by atomic mass is 9.76. The van der Waals surface area contributed by atoms with Crippen molar-refractivity contribution in [3.63, 3.8) is 0 Å². The molecule has 0 aromatic carbocycles. The Morgan fingerprint density at radius 3 is 2.67 bits per heavy atom. The number of nitrogens with zero attached hydrogens (tertiary/aromatic N) is 1. The molecular formula is C16H26N4O. The third-order valence-electron chi connectivity index (χ3n) is 4.39. The number of hydrazine groups is 1. The fraction of sp³-hybridized carbons (Fsp3) is 0.625. The lowest BCUT2D eigenvalue weighted by Crippen LogP contribution is -2.37. The molecule has 0 spiro atoms. The number of nitrogens with one attached hydrogen (secondary N) is 2. The average molecular weight is 290 g/mol. The third kappa shape index (κ3) is 4.17. The summed E-state index contributed by atoms with van der Waals surface area (Å²) in [6.45, 7) is 5.01. The second-order valence-electron chi connectivity index (χ2n) is 6.28. The monoisotopic (exact) mass is 290 g/mol. The van der Waals surface area contributed by atoms with Crippen molar-refractivity contribution in [2.45, 2.75) is 52.4 Å². The SMILES string of the molecule is CCc1cc(C(=O)NCC2(C)CCCCC2)cc(NN)n1. The summed E-state index contributed by atoms with van der Waals surface area (Å²) in [5.41, 5.74) is 4.24. The van der Waals surface area contributed by atoms with Crippen LogP contribution in [0.4, 0.5) is 5.82 Å². The van der Waals surface area contributed by atoms with Gasteiger partial charge >= 0.3 is 0 Å². The van der Waals surface area contributed by atoms with Crippen molar-refractivity contribution in [3.8, 4) is 0 Å². The summed E-state index contributed by atoms with van der Waals surface area (Å²) in [5.74, 6) is 5.90. The Bertz CT molecular complexity index is 473. The van der Waals surface area contributed by atoms with E-state index in [1.165, 1.54) is 32.1 Å². The first-order valence-corrected chi connectivity index (χ1v) is 7.82. The van der Waals surface area contributed by atoms with E-state index >= 15 is 0 Å². The average Bonchev–Trinajstić information content (AvgIpc) is 2.52. The molecule has 1 fully saturated rings. The molecule has 1 aliphatic carbocycles. The zero-order valence-corrected chi connectivity index (χ0v) is 13.0. The fourth-order valence-corrected chi connectivity index (χ4v) is 2.95. The number of hydrogen-bond acceptors (Lipinski definition) is 4. The van der Waals surface area contributed by atoms with E-state index in [-0.39, 0.29) is 11.3 Å². The number of anilines is 1. The van der Waals surface area contributed by atoms with Gasteiger partial charge in [-0.15, -0.1) is 0 Å². The Morgan fingerprint density at radius 1 is 1.33 bits per heavy atom. The minimum Gasteiger partial charge on any atom is -0.351 e. The van der Waals surface area contributed by atoms with Gasteiger partial charge in [0.15, 0.2) is 0 Å². The molecule has 0 unspecified atom stereocenters. The number of aryl methyl sites for hydroxylation is 1. The molecule has 21 heavy (non-hydrogen) atoms. The van der Waals surface area contributed by atoms with Crippen LogP contribution in [0, 0.1) is 5.41 Å². The van der Waals surface area contributed by atoms with Crippen LogP contribution in [0.2, 0.25) is 0 Å². The number of carbonyl (C=O) groups excluding carboxylic acids is 1. The predicted molar refractivity (Wildman–Crippen MR) is 85.0 cm³/mol. The maximum atomic E-state index is 12.4. The van der Waals surface area contributed by atoms with Gasteiger partial charge in [-0.3, -0.25) is 4.79 Å². The number of nitrogen functional groups attached to an aromatic ring is 1. The molecule has 0 atom stereocenters. The minimum atomic E-state index is -0.0459. The highest BCUT2D eigenvalue weighted by Crippen LogP contribution is 2.34. The third-order valence-corrected chi connectivity index (χ3v) is 4.39. The highest BCUT2D eigenvalue weighted by atomic mass is 16.1. The predicted octanol–water partition coefficient (Wildman–Crippen LogP) is 2.63. The molecule has 1 heterocycles. The number of nitrogens with two attached hydrogens (primary N) is 1. The Labute approximate surface area is 126 Å². The van der Waals surface area contributed by atoms with Gasteiger partial charge in [0.1, 0.15) is 5.82 Å². The summed E-state index contributed by atoms with van der Waals surface area (Å²) in [6, 6.07) is 3.52. The first-order valence-electron chi connectivity index (χ1n) is 7.82. The molecule has 5 heteroatoms. The van der Waals surface area contributed by atoms with Gasteiger partial charge in [0.25, 0.3) is 5.91 Å². The van der Waals surface area contributed by atoms with Crippen LogP contribution in [0.15, 0.2) is 12.1 Å². The normalized spacial score (nSPS) is 17.3. The van der Waals surface area contributed by atoms with Gasteiger partial charge in [-0.25, -0.2) is 10.8 Å². The molecule has 1 aliphatic rings. The van der Waals surface area contributed by atoms with Gasteiger partial charge < -0.3 is 10.7 Å². The maximum Gasteiger partial charge on any atom is 0.251 e. The van der Waals surface area contributed by atoms with Crippen LogP contribution in [0.25, 0.3) is 0 Å². The molecule has 2 rings (SSSR count). The van der Waals surface area contributed by atoms with Crippen molar-refractivity contribution < 1.29 is 4.79 Å². The Kier molecular flexibility index (Phi) is 5.17. The second-order valence-corrected chi connectivity index (χ2v) is 6.28. The molecule has 0 aliphatic heterocycles. The Balaban J connectivity index is 2.02. The van der Waals surface area contributed by atoms with Gasteiger partial charge in [0.05, 0.1) is 0 Å². The van der Waals surface area contributed by atoms with E-state index in [0.717, 1.165) is 18.7 Å². The summed E-state index contributed by atoms with van der Waals surface area (Å²) in [6.07, 6.45) is 7.01. The molecular weight excluding hydrogens is 264 g/mol. The van der Waals surface area contributed by atoms with Crippen LogP contribution in [0.1, 0.15) is 62.0 Å². The number of rotatable bonds is 5. The molecule has 4 N–H and O–H groups in total. The zero-order valence-electron chi connectivity index (χ0n) is 13.0. The number of hydrogen-bond donors (Lipinski definition) is 3. The van der Waals surface area contributed by atoms with Gasteiger partial charge in [-0.05, 0) is 36.8 Å². The largest absolute Gasteiger partial charge is 0.351 e. The molecule has 116 valence electrons. The van der Waals surface area contributed by atoms with Crippen molar-refractivity contribution in [1.29, 1.82) is 0 Å². The van der Waals surface area contributed by atoms with E-state index < -0.39 is 0 Å². The van der Waals surface area contributed by atoms with E-state index in [0.29, 0.717) is 11.4 Å². The minimum absolute atomic E-state index is 0.0459. The lowest BCUT2D eigenvalue weighted by Gasteiger charge is -2.33. The first kappa shape index (κ1) is 15.8. The van der Waals surface area contributed by atoms with Crippen LogP contribution in [0.5, 0.6) is 0 Å². The van der Waals surface area contributed by atoms with Crippen LogP contribution < -0.4 is 16.6 Å². The van der Waals surface area contributed by atoms with Crippen molar-refractivity contribution in [3.05, 3.63) is 23.4 Å². The molecule has 0 bridgehead atoms. The number of pyridine rings is 1.